The van der Waals surface area contributed by atoms with E-state index in [-0.39, 0.29) is 19.0 Å². The van der Waals surface area contributed by atoms with Gasteiger partial charge in [0.15, 0.2) is 6.61 Å². The second-order valence-corrected chi connectivity index (χ2v) is 4.77. The third-order valence-corrected chi connectivity index (χ3v) is 2.87. The SMILES string of the molecule is C[C@@](O)(CNC(=O)COc1ccc(F)cc1)c1ccco1. The highest BCUT2D eigenvalue weighted by molar-refractivity contribution is 5.77. The van der Waals surface area contributed by atoms with Crippen molar-refractivity contribution in [1.82, 2.24) is 5.32 Å². The molecule has 1 amide bonds. The molecule has 0 saturated heterocycles. The molecule has 0 radical (unpaired) electrons. The molecule has 5 nitrogen and oxygen atoms in total. The number of ether oxygens (including phenoxy) is 1. The maximum atomic E-state index is 12.7. The molecule has 0 bridgehead atoms. The summed E-state index contributed by atoms with van der Waals surface area (Å²) >= 11 is 0. The number of carbonyl (C=O) groups is 1. The number of nitrogens with one attached hydrogen (secondary N) is 1. The molecule has 0 fully saturated rings. The van der Waals surface area contributed by atoms with Gasteiger partial charge < -0.3 is 19.6 Å². The molecule has 1 aromatic heterocycles. The van der Waals surface area contributed by atoms with Gasteiger partial charge in [-0.25, -0.2) is 4.39 Å². The number of rotatable bonds is 6. The topological polar surface area (TPSA) is 71.7 Å². The van der Waals surface area contributed by atoms with Gasteiger partial charge in [-0.3, -0.25) is 4.79 Å². The molecule has 112 valence electrons. The summed E-state index contributed by atoms with van der Waals surface area (Å²) < 4.78 is 23.0. The van der Waals surface area contributed by atoms with Gasteiger partial charge in [-0.1, -0.05) is 0 Å². The molecule has 0 spiro atoms. The number of hydrogen-bond acceptors (Lipinski definition) is 4. The summed E-state index contributed by atoms with van der Waals surface area (Å²) in [6.45, 7) is 1.30. The van der Waals surface area contributed by atoms with E-state index in [9.17, 15) is 14.3 Å². The summed E-state index contributed by atoms with van der Waals surface area (Å²) in [6, 6.07) is 8.64. The van der Waals surface area contributed by atoms with Gasteiger partial charge >= 0.3 is 0 Å². The van der Waals surface area contributed by atoms with Gasteiger partial charge in [0.1, 0.15) is 22.9 Å². The van der Waals surface area contributed by atoms with E-state index in [2.05, 4.69) is 5.32 Å². The van der Waals surface area contributed by atoms with Crippen LogP contribution in [0.25, 0.3) is 0 Å². The minimum atomic E-state index is -1.30. The van der Waals surface area contributed by atoms with Crippen molar-refractivity contribution in [2.24, 2.45) is 0 Å². The molecular formula is C15H16FNO4. The number of amides is 1. The van der Waals surface area contributed by atoms with E-state index in [1.807, 2.05) is 0 Å². The Morgan fingerprint density at radius 2 is 2.10 bits per heavy atom. The zero-order valence-electron chi connectivity index (χ0n) is 11.5. The molecule has 2 rings (SSSR count). The summed E-state index contributed by atoms with van der Waals surface area (Å²) in [5.41, 5.74) is -1.30. The number of aliphatic hydroxyl groups is 1. The lowest BCUT2D eigenvalue weighted by Crippen LogP contribution is -2.40. The fourth-order valence-corrected chi connectivity index (χ4v) is 1.67. The third-order valence-electron chi connectivity index (χ3n) is 2.87. The molecule has 0 saturated carbocycles. The minimum Gasteiger partial charge on any atom is -0.484 e. The molecule has 0 unspecified atom stereocenters. The van der Waals surface area contributed by atoms with E-state index in [0.717, 1.165) is 0 Å². The highest BCUT2D eigenvalue weighted by Gasteiger charge is 2.26. The first-order chi connectivity index (χ1) is 9.97. The van der Waals surface area contributed by atoms with Crippen LogP contribution in [0.4, 0.5) is 4.39 Å². The van der Waals surface area contributed by atoms with E-state index in [4.69, 9.17) is 9.15 Å². The van der Waals surface area contributed by atoms with Crippen LogP contribution in [-0.4, -0.2) is 24.2 Å². The van der Waals surface area contributed by atoms with Crippen molar-refractivity contribution in [2.75, 3.05) is 13.2 Å². The van der Waals surface area contributed by atoms with Crippen molar-refractivity contribution in [3.63, 3.8) is 0 Å². The fraction of sp³-hybridized carbons (Fsp3) is 0.267. The summed E-state index contributed by atoms with van der Waals surface area (Å²) in [4.78, 5) is 11.6. The maximum Gasteiger partial charge on any atom is 0.258 e. The zero-order valence-corrected chi connectivity index (χ0v) is 11.5. The predicted molar refractivity (Wildman–Crippen MR) is 73.2 cm³/mol. The van der Waals surface area contributed by atoms with Gasteiger partial charge in [-0.2, -0.15) is 0 Å². The molecule has 0 aliphatic rings. The number of benzene rings is 1. The minimum absolute atomic E-state index is 0.00781. The lowest BCUT2D eigenvalue weighted by molar-refractivity contribution is -0.124. The summed E-state index contributed by atoms with van der Waals surface area (Å²) in [5.74, 6) is -0.0148. The maximum absolute atomic E-state index is 12.7. The fourth-order valence-electron chi connectivity index (χ4n) is 1.67. The van der Waals surface area contributed by atoms with Crippen LogP contribution in [0.3, 0.4) is 0 Å². The summed E-state index contributed by atoms with van der Waals surface area (Å²) in [5, 5.41) is 12.7. The van der Waals surface area contributed by atoms with Gasteiger partial charge in [0.05, 0.1) is 12.8 Å². The van der Waals surface area contributed by atoms with Crippen LogP contribution in [0.15, 0.2) is 47.1 Å². The molecule has 0 aliphatic heterocycles. The second-order valence-electron chi connectivity index (χ2n) is 4.77. The normalized spacial score (nSPS) is 13.5. The van der Waals surface area contributed by atoms with Crippen molar-refractivity contribution in [1.29, 1.82) is 0 Å². The molecule has 1 aromatic carbocycles. The zero-order chi connectivity index (χ0) is 15.3. The first-order valence-corrected chi connectivity index (χ1v) is 6.39. The van der Waals surface area contributed by atoms with Gasteiger partial charge in [0, 0.05) is 0 Å². The van der Waals surface area contributed by atoms with Gasteiger partial charge in [-0.05, 0) is 43.3 Å². The molecule has 2 N–H and O–H groups in total. The van der Waals surface area contributed by atoms with E-state index in [0.29, 0.717) is 11.5 Å². The highest BCUT2D eigenvalue weighted by Crippen LogP contribution is 2.19. The Balaban J connectivity index is 1.78. The Bertz CT molecular complexity index is 578. The van der Waals surface area contributed by atoms with E-state index in [1.165, 1.54) is 37.5 Å². The Hall–Kier alpha value is -2.34. The van der Waals surface area contributed by atoms with Crippen LogP contribution in [0.5, 0.6) is 5.75 Å². The van der Waals surface area contributed by atoms with E-state index < -0.39 is 11.5 Å². The van der Waals surface area contributed by atoms with Crippen molar-refractivity contribution >= 4 is 5.91 Å². The number of carbonyl (C=O) groups excluding carboxylic acids is 1. The summed E-state index contributed by atoms with van der Waals surface area (Å²) in [7, 11) is 0. The Morgan fingerprint density at radius 1 is 1.38 bits per heavy atom. The van der Waals surface area contributed by atoms with Gasteiger partial charge in [0.25, 0.3) is 5.91 Å². The van der Waals surface area contributed by atoms with Gasteiger partial charge in [-0.15, -0.1) is 0 Å². The van der Waals surface area contributed by atoms with E-state index >= 15 is 0 Å². The molecule has 1 heterocycles. The van der Waals surface area contributed by atoms with Crippen molar-refractivity contribution < 1.29 is 23.4 Å². The van der Waals surface area contributed by atoms with Crippen LogP contribution >= 0.6 is 0 Å². The highest BCUT2D eigenvalue weighted by atomic mass is 19.1. The monoisotopic (exact) mass is 293 g/mol. The standard InChI is InChI=1S/C15H16FNO4/c1-15(19,13-3-2-8-20-13)10-17-14(18)9-21-12-6-4-11(16)5-7-12/h2-8,19H,9-10H2,1H3,(H,17,18)/t15-/m1/s1. The smallest absolute Gasteiger partial charge is 0.258 e. The first kappa shape index (κ1) is 15.1. The van der Waals surface area contributed by atoms with Crippen LogP contribution < -0.4 is 10.1 Å². The average Bonchev–Trinajstić information content (AvgIpc) is 3.00. The number of halogens is 1. The quantitative estimate of drug-likeness (QED) is 0.852. The van der Waals surface area contributed by atoms with Crippen molar-refractivity contribution in [3.05, 3.63) is 54.2 Å². The third kappa shape index (κ3) is 4.32. The van der Waals surface area contributed by atoms with Crippen LogP contribution in [0, 0.1) is 5.82 Å². The Kier molecular flexibility index (Phi) is 4.59. The van der Waals surface area contributed by atoms with Crippen LogP contribution in [-0.2, 0) is 10.4 Å². The Morgan fingerprint density at radius 3 is 2.71 bits per heavy atom. The van der Waals surface area contributed by atoms with Crippen molar-refractivity contribution in [3.8, 4) is 5.75 Å². The van der Waals surface area contributed by atoms with Crippen molar-refractivity contribution in [2.45, 2.75) is 12.5 Å². The van der Waals surface area contributed by atoms with Crippen LogP contribution in [0.1, 0.15) is 12.7 Å². The molecule has 0 aliphatic carbocycles. The average molecular weight is 293 g/mol. The largest absolute Gasteiger partial charge is 0.484 e. The predicted octanol–water partition coefficient (Wildman–Crippen LogP) is 1.82. The lowest BCUT2D eigenvalue weighted by atomic mass is 10.0. The summed E-state index contributed by atoms with van der Waals surface area (Å²) in [6.07, 6.45) is 1.45. The molecule has 1 atom stereocenters. The molecular weight excluding hydrogens is 277 g/mol. The molecule has 2 aromatic rings. The lowest BCUT2D eigenvalue weighted by Gasteiger charge is -2.21. The first-order valence-electron chi connectivity index (χ1n) is 6.39. The second kappa shape index (κ2) is 6.41. The molecule has 21 heavy (non-hydrogen) atoms. The molecule has 6 heteroatoms. The van der Waals surface area contributed by atoms with Gasteiger partial charge in [0.2, 0.25) is 0 Å². The van der Waals surface area contributed by atoms with Crippen LogP contribution in [0.2, 0.25) is 0 Å². The Labute approximate surface area is 121 Å². The van der Waals surface area contributed by atoms with E-state index in [1.54, 1.807) is 12.1 Å². The number of furan rings is 1. The number of hydrogen-bond donors (Lipinski definition) is 2.